The number of nitrogens with one attached hydrogen (secondary N) is 1. The summed E-state index contributed by atoms with van der Waals surface area (Å²) in [5.41, 5.74) is 0.552. The Bertz CT molecular complexity index is 1160. The molecule has 1 aromatic heterocycles. The van der Waals surface area contributed by atoms with E-state index in [9.17, 15) is 9.59 Å². The van der Waals surface area contributed by atoms with Crippen molar-refractivity contribution < 1.29 is 23.5 Å². The maximum absolute atomic E-state index is 15.1. The fourth-order valence-corrected chi connectivity index (χ4v) is 5.20. The third kappa shape index (κ3) is 5.65. The first-order valence-corrected chi connectivity index (χ1v) is 12.5. The molecule has 3 aromatic rings. The van der Waals surface area contributed by atoms with E-state index in [1.807, 2.05) is 17.5 Å². The SMILES string of the molecule is COc1ccc([C@@H](C(=O)NC2CCCC2)N(C(=O)Cc2cccs2)c2ccccc2F)cc1OC. The van der Waals surface area contributed by atoms with Crippen LogP contribution in [-0.2, 0) is 16.0 Å². The van der Waals surface area contributed by atoms with Crippen LogP contribution in [0.5, 0.6) is 11.5 Å². The molecule has 0 spiro atoms. The molecule has 35 heavy (non-hydrogen) atoms. The van der Waals surface area contributed by atoms with Crippen LogP contribution < -0.4 is 19.7 Å². The maximum Gasteiger partial charge on any atom is 0.248 e. The van der Waals surface area contributed by atoms with Crippen LogP contribution in [0.15, 0.2) is 60.0 Å². The van der Waals surface area contributed by atoms with E-state index in [1.54, 1.807) is 30.3 Å². The first kappa shape index (κ1) is 24.7. The molecular weight excluding hydrogens is 467 g/mol. The molecule has 6 nitrogen and oxygen atoms in total. The van der Waals surface area contributed by atoms with Crippen LogP contribution in [-0.4, -0.2) is 32.1 Å². The summed E-state index contributed by atoms with van der Waals surface area (Å²) in [5, 5.41) is 4.99. The summed E-state index contributed by atoms with van der Waals surface area (Å²) in [5.74, 6) is -0.395. The van der Waals surface area contributed by atoms with Crippen molar-refractivity contribution in [3.05, 3.63) is 76.2 Å². The van der Waals surface area contributed by atoms with E-state index in [0.717, 1.165) is 30.6 Å². The molecule has 0 bridgehead atoms. The fourth-order valence-electron chi connectivity index (χ4n) is 4.50. The largest absolute Gasteiger partial charge is 0.493 e. The number of ether oxygens (including phenoxy) is 2. The minimum Gasteiger partial charge on any atom is -0.493 e. The van der Waals surface area contributed by atoms with Gasteiger partial charge in [-0.1, -0.05) is 37.1 Å². The summed E-state index contributed by atoms with van der Waals surface area (Å²) < 4.78 is 25.9. The number of benzene rings is 2. The van der Waals surface area contributed by atoms with Gasteiger partial charge in [0, 0.05) is 10.9 Å². The number of carbonyl (C=O) groups is 2. The van der Waals surface area contributed by atoms with Crippen molar-refractivity contribution in [1.29, 1.82) is 0 Å². The smallest absolute Gasteiger partial charge is 0.248 e. The predicted octanol–water partition coefficient (Wildman–Crippen LogP) is 5.28. The van der Waals surface area contributed by atoms with Gasteiger partial charge < -0.3 is 14.8 Å². The predicted molar refractivity (Wildman–Crippen MR) is 135 cm³/mol. The van der Waals surface area contributed by atoms with Crippen molar-refractivity contribution in [2.24, 2.45) is 0 Å². The topological polar surface area (TPSA) is 67.9 Å². The van der Waals surface area contributed by atoms with Crippen molar-refractivity contribution in [3.8, 4) is 11.5 Å². The van der Waals surface area contributed by atoms with E-state index in [0.29, 0.717) is 17.1 Å². The second-order valence-corrected chi connectivity index (χ2v) is 9.51. The van der Waals surface area contributed by atoms with Crippen LogP contribution in [0, 0.1) is 5.82 Å². The third-order valence-electron chi connectivity index (χ3n) is 6.22. The Morgan fingerprint density at radius 2 is 1.80 bits per heavy atom. The summed E-state index contributed by atoms with van der Waals surface area (Å²) in [4.78, 5) is 29.6. The summed E-state index contributed by atoms with van der Waals surface area (Å²) >= 11 is 1.44. The normalized spacial score (nSPS) is 14.4. The van der Waals surface area contributed by atoms with Gasteiger partial charge in [0.1, 0.15) is 11.9 Å². The van der Waals surface area contributed by atoms with Crippen LogP contribution in [0.2, 0.25) is 0 Å². The molecule has 2 amide bonds. The van der Waals surface area contributed by atoms with Crippen molar-refractivity contribution in [1.82, 2.24) is 5.32 Å². The molecule has 0 saturated heterocycles. The second-order valence-electron chi connectivity index (χ2n) is 8.48. The summed E-state index contributed by atoms with van der Waals surface area (Å²) in [7, 11) is 3.03. The van der Waals surface area contributed by atoms with Gasteiger partial charge in [-0.25, -0.2) is 4.39 Å². The van der Waals surface area contributed by atoms with Crippen LogP contribution in [0.1, 0.15) is 42.2 Å². The number of rotatable bonds is 9. The van der Waals surface area contributed by atoms with Gasteiger partial charge in [0.2, 0.25) is 11.8 Å². The van der Waals surface area contributed by atoms with E-state index in [2.05, 4.69) is 5.32 Å². The molecule has 1 aliphatic rings. The van der Waals surface area contributed by atoms with Gasteiger partial charge in [0.15, 0.2) is 11.5 Å². The zero-order chi connectivity index (χ0) is 24.8. The molecule has 1 atom stereocenters. The lowest BCUT2D eigenvalue weighted by molar-refractivity contribution is -0.127. The molecule has 1 fully saturated rings. The molecule has 2 aromatic carbocycles. The van der Waals surface area contributed by atoms with Crippen LogP contribution in [0.3, 0.4) is 0 Å². The van der Waals surface area contributed by atoms with E-state index in [1.165, 1.54) is 42.6 Å². The molecule has 8 heteroatoms. The molecule has 0 radical (unpaired) electrons. The molecule has 4 rings (SSSR count). The molecule has 0 unspecified atom stereocenters. The molecule has 0 aliphatic heterocycles. The van der Waals surface area contributed by atoms with Crippen LogP contribution >= 0.6 is 11.3 Å². The zero-order valence-electron chi connectivity index (χ0n) is 19.8. The summed E-state index contributed by atoms with van der Waals surface area (Å²) in [6.07, 6.45) is 3.90. The highest BCUT2D eigenvalue weighted by atomic mass is 32.1. The molecule has 1 saturated carbocycles. The van der Waals surface area contributed by atoms with Gasteiger partial charge >= 0.3 is 0 Å². The number of thiophene rings is 1. The standard InChI is InChI=1S/C27H29FN2O4S/c1-33-23-14-13-18(16-24(23)34-2)26(27(32)29-19-8-3-4-9-19)30(22-12-6-5-11-21(22)28)25(31)17-20-10-7-15-35-20/h5-7,10-16,19,26H,3-4,8-9,17H2,1-2H3,(H,29,32)/t26-/m0/s1. The van der Waals surface area contributed by atoms with E-state index < -0.39 is 11.9 Å². The zero-order valence-corrected chi connectivity index (χ0v) is 20.6. The lowest BCUT2D eigenvalue weighted by Gasteiger charge is -2.32. The molecule has 1 heterocycles. The van der Waals surface area contributed by atoms with Crippen molar-refractivity contribution in [2.45, 2.75) is 44.2 Å². The maximum atomic E-state index is 15.1. The molecular formula is C27H29FN2O4S. The Hall–Kier alpha value is -3.39. The van der Waals surface area contributed by atoms with Gasteiger partial charge in [0.25, 0.3) is 0 Å². The Kier molecular flexibility index (Phi) is 8.02. The molecule has 184 valence electrons. The lowest BCUT2D eigenvalue weighted by atomic mass is 10.0. The van der Waals surface area contributed by atoms with E-state index in [4.69, 9.17) is 9.47 Å². The highest BCUT2D eigenvalue weighted by Gasteiger charge is 2.36. The second kappa shape index (κ2) is 11.4. The first-order chi connectivity index (χ1) is 17.0. The quantitative estimate of drug-likeness (QED) is 0.438. The van der Waals surface area contributed by atoms with Crippen molar-refractivity contribution in [2.75, 3.05) is 19.1 Å². The number of halogens is 1. The highest BCUT2D eigenvalue weighted by Crippen LogP contribution is 2.36. The van der Waals surface area contributed by atoms with Crippen molar-refractivity contribution in [3.63, 3.8) is 0 Å². The summed E-state index contributed by atoms with van der Waals surface area (Å²) in [6.45, 7) is 0. The van der Waals surface area contributed by atoms with Gasteiger partial charge in [-0.3, -0.25) is 14.5 Å². The van der Waals surface area contributed by atoms with E-state index >= 15 is 4.39 Å². The Labute approximate surface area is 208 Å². The number of carbonyl (C=O) groups excluding carboxylic acids is 2. The summed E-state index contributed by atoms with van der Waals surface area (Å²) in [6, 6.07) is 13.8. The number of methoxy groups -OCH3 is 2. The number of hydrogen-bond acceptors (Lipinski definition) is 5. The Morgan fingerprint density at radius 1 is 1.06 bits per heavy atom. The highest BCUT2D eigenvalue weighted by molar-refractivity contribution is 7.10. The van der Waals surface area contributed by atoms with Crippen LogP contribution in [0.25, 0.3) is 0 Å². The number of anilines is 1. The minimum atomic E-state index is -1.10. The Morgan fingerprint density at radius 3 is 2.46 bits per heavy atom. The van der Waals surface area contributed by atoms with E-state index in [-0.39, 0.29) is 30.0 Å². The third-order valence-corrected chi connectivity index (χ3v) is 7.09. The molecule has 1 N–H and O–H groups in total. The minimum absolute atomic E-state index is 0.0278. The monoisotopic (exact) mass is 496 g/mol. The first-order valence-electron chi connectivity index (χ1n) is 11.6. The van der Waals surface area contributed by atoms with Gasteiger partial charge in [0.05, 0.1) is 26.3 Å². The Balaban J connectivity index is 1.82. The number of hydrogen-bond donors (Lipinski definition) is 1. The fraction of sp³-hybridized carbons (Fsp3) is 0.333. The van der Waals surface area contributed by atoms with Crippen LogP contribution in [0.4, 0.5) is 10.1 Å². The number of nitrogens with zero attached hydrogens (tertiary/aromatic N) is 1. The average Bonchev–Trinajstić information content (AvgIpc) is 3.57. The average molecular weight is 497 g/mol. The molecule has 1 aliphatic carbocycles. The van der Waals surface area contributed by atoms with Gasteiger partial charge in [-0.2, -0.15) is 0 Å². The number of amides is 2. The lowest BCUT2D eigenvalue weighted by Crippen LogP contribution is -2.47. The van der Waals surface area contributed by atoms with Gasteiger partial charge in [-0.05, 0) is 54.1 Å². The van der Waals surface area contributed by atoms with Gasteiger partial charge in [-0.15, -0.1) is 11.3 Å². The number of para-hydroxylation sites is 1. The van der Waals surface area contributed by atoms with Crippen molar-refractivity contribution >= 4 is 28.8 Å².